The topological polar surface area (TPSA) is 82.6 Å². The van der Waals surface area contributed by atoms with Crippen molar-refractivity contribution in [2.24, 2.45) is 4.99 Å². The van der Waals surface area contributed by atoms with Crippen molar-refractivity contribution in [3.63, 3.8) is 0 Å². The number of sulfonamides is 1. The Bertz CT molecular complexity index is 627. The quantitative estimate of drug-likeness (QED) is 0.506. The third-order valence-corrected chi connectivity index (χ3v) is 4.18. The van der Waals surface area contributed by atoms with Crippen LogP contribution in [-0.2, 0) is 16.4 Å². The number of aliphatic imine (C=N–C) groups is 1. The van der Waals surface area contributed by atoms with Crippen LogP contribution in [0.5, 0.6) is 0 Å². The number of nitrogens with one attached hydrogen (secondary N) is 3. The van der Waals surface area contributed by atoms with E-state index in [1.54, 1.807) is 7.05 Å². The number of hydrogen-bond donors (Lipinski definition) is 3. The molecule has 6 nitrogen and oxygen atoms in total. The van der Waals surface area contributed by atoms with Crippen LogP contribution in [0.15, 0.2) is 29.3 Å². The van der Waals surface area contributed by atoms with Crippen molar-refractivity contribution < 1.29 is 8.42 Å². The van der Waals surface area contributed by atoms with Crippen molar-refractivity contribution in [3.8, 4) is 0 Å². The third-order valence-electron chi connectivity index (χ3n) is 3.00. The molecule has 0 fully saturated rings. The highest BCUT2D eigenvalue weighted by molar-refractivity contribution is 7.88. The van der Waals surface area contributed by atoms with Crippen molar-refractivity contribution in [3.05, 3.63) is 34.9 Å². The Morgan fingerprint density at radius 2 is 1.83 bits per heavy atom. The van der Waals surface area contributed by atoms with Gasteiger partial charge in [0.2, 0.25) is 10.0 Å². The number of halogens is 1. The van der Waals surface area contributed by atoms with Gasteiger partial charge in [0.25, 0.3) is 0 Å². The second kappa shape index (κ2) is 8.52. The van der Waals surface area contributed by atoms with Gasteiger partial charge in [-0.2, -0.15) is 0 Å². The van der Waals surface area contributed by atoms with Crippen LogP contribution in [0.4, 0.5) is 0 Å². The molecule has 1 rings (SSSR count). The van der Waals surface area contributed by atoms with Gasteiger partial charge in [-0.05, 0) is 38.0 Å². The number of benzene rings is 1. The lowest BCUT2D eigenvalue weighted by atomic mass is 10.1. The molecule has 8 heteroatoms. The minimum atomic E-state index is -3.25. The minimum Gasteiger partial charge on any atom is -0.356 e. The largest absolute Gasteiger partial charge is 0.356 e. The fourth-order valence-corrected chi connectivity index (χ4v) is 3.24. The lowest BCUT2D eigenvalue weighted by molar-refractivity contribution is 0.446. The smallest absolute Gasteiger partial charge is 0.209 e. The molecular weight excluding hydrogens is 336 g/mol. The van der Waals surface area contributed by atoms with Crippen LogP contribution in [-0.4, -0.2) is 46.3 Å². The molecule has 0 bridgehead atoms. The fraction of sp³-hybridized carbons (Fsp3) is 0.533. The first-order valence-corrected chi connectivity index (χ1v) is 9.56. The highest BCUT2D eigenvalue weighted by Gasteiger charge is 2.22. The average Bonchev–Trinajstić information content (AvgIpc) is 2.42. The van der Waals surface area contributed by atoms with E-state index in [2.05, 4.69) is 20.3 Å². The van der Waals surface area contributed by atoms with Crippen LogP contribution in [0.3, 0.4) is 0 Å². The maximum Gasteiger partial charge on any atom is 0.209 e. The molecule has 3 N–H and O–H groups in total. The van der Waals surface area contributed by atoms with E-state index in [1.165, 1.54) is 5.56 Å². The predicted molar refractivity (Wildman–Crippen MR) is 96.6 cm³/mol. The summed E-state index contributed by atoms with van der Waals surface area (Å²) in [5.41, 5.74) is 0.568. The third kappa shape index (κ3) is 8.78. The molecule has 0 radical (unpaired) electrons. The summed E-state index contributed by atoms with van der Waals surface area (Å²) < 4.78 is 25.2. The first kappa shape index (κ1) is 19.7. The number of nitrogens with zero attached hydrogens (tertiary/aromatic N) is 1. The van der Waals surface area contributed by atoms with Crippen LogP contribution in [0.25, 0.3) is 0 Å². The van der Waals surface area contributed by atoms with Gasteiger partial charge in [-0.25, -0.2) is 13.1 Å². The summed E-state index contributed by atoms with van der Waals surface area (Å²) >= 11 is 5.85. The minimum absolute atomic E-state index is 0.417. The zero-order valence-corrected chi connectivity index (χ0v) is 15.6. The summed E-state index contributed by atoms with van der Waals surface area (Å²) in [7, 11) is -1.58. The Hall–Kier alpha value is -1.31. The lowest BCUT2D eigenvalue weighted by Crippen LogP contribution is -2.53. The molecule has 0 spiro atoms. The Balaban J connectivity index is 2.41. The highest BCUT2D eigenvalue weighted by Crippen LogP contribution is 2.09. The summed E-state index contributed by atoms with van der Waals surface area (Å²) in [4.78, 5) is 4.13. The normalized spacial score (nSPS) is 13.0. The summed E-state index contributed by atoms with van der Waals surface area (Å²) in [5.74, 6) is 0.627. The molecule has 0 unspecified atom stereocenters. The molecule has 0 aromatic heterocycles. The van der Waals surface area contributed by atoms with Gasteiger partial charge in [0.15, 0.2) is 5.96 Å². The molecule has 0 saturated heterocycles. The molecule has 0 atom stereocenters. The average molecular weight is 361 g/mol. The molecule has 130 valence electrons. The molecule has 0 saturated carbocycles. The Kier molecular flexibility index (Phi) is 7.31. The van der Waals surface area contributed by atoms with E-state index in [4.69, 9.17) is 11.6 Å². The molecule has 23 heavy (non-hydrogen) atoms. The van der Waals surface area contributed by atoms with Gasteiger partial charge in [-0.1, -0.05) is 23.7 Å². The van der Waals surface area contributed by atoms with Crippen molar-refractivity contribution in [1.29, 1.82) is 0 Å². The standard InChI is InChI=1S/C15H25ClN4O2S/c1-15(2,20-23(4,21)22)11-19-14(17-3)18-10-9-12-5-7-13(16)8-6-12/h5-8,20H,9-11H2,1-4H3,(H2,17,18,19). The molecule has 0 aliphatic heterocycles. The van der Waals surface area contributed by atoms with Crippen molar-refractivity contribution in [2.75, 3.05) is 26.4 Å². The molecule has 0 heterocycles. The van der Waals surface area contributed by atoms with E-state index in [0.717, 1.165) is 17.7 Å². The van der Waals surface area contributed by atoms with Crippen molar-refractivity contribution in [1.82, 2.24) is 15.4 Å². The van der Waals surface area contributed by atoms with E-state index in [-0.39, 0.29) is 0 Å². The Labute approximate surface area is 143 Å². The van der Waals surface area contributed by atoms with E-state index in [9.17, 15) is 8.42 Å². The molecule has 0 amide bonds. The summed E-state index contributed by atoms with van der Waals surface area (Å²) in [6.45, 7) is 4.74. The molecule has 1 aromatic rings. The first-order chi connectivity index (χ1) is 10.6. The zero-order valence-electron chi connectivity index (χ0n) is 14.0. The molecule has 0 aliphatic carbocycles. The number of rotatable bonds is 7. The van der Waals surface area contributed by atoms with Gasteiger partial charge < -0.3 is 10.6 Å². The fourth-order valence-electron chi connectivity index (χ4n) is 2.04. The second-order valence-electron chi connectivity index (χ2n) is 5.99. The van der Waals surface area contributed by atoms with Crippen molar-refractivity contribution >= 4 is 27.6 Å². The Morgan fingerprint density at radius 1 is 1.22 bits per heavy atom. The van der Waals surface area contributed by atoms with Crippen LogP contribution in [0.1, 0.15) is 19.4 Å². The second-order valence-corrected chi connectivity index (χ2v) is 8.17. The Morgan fingerprint density at radius 3 is 2.35 bits per heavy atom. The summed E-state index contributed by atoms with van der Waals surface area (Å²) in [6, 6.07) is 7.70. The first-order valence-electron chi connectivity index (χ1n) is 7.29. The van der Waals surface area contributed by atoms with Gasteiger partial charge >= 0.3 is 0 Å². The maximum absolute atomic E-state index is 11.3. The van der Waals surface area contributed by atoms with Gasteiger partial charge in [-0.3, -0.25) is 4.99 Å². The molecule has 0 aliphatic rings. The predicted octanol–water partition coefficient (Wildman–Crippen LogP) is 1.38. The van der Waals surface area contributed by atoms with E-state index < -0.39 is 15.6 Å². The van der Waals surface area contributed by atoms with Gasteiger partial charge in [0.1, 0.15) is 0 Å². The highest BCUT2D eigenvalue weighted by atomic mass is 35.5. The lowest BCUT2D eigenvalue weighted by Gasteiger charge is -2.26. The van der Waals surface area contributed by atoms with Gasteiger partial charge in [-0.15, -0.1) is 0 Å². The monoisotopic (exact) mass is 360 g/mol. The van der Waals surface area contributed by atoms with E-state index >= 15 is 0 Å². The van der Waals surface area contributed by atoms with Gasteiger partial charge in [0.05, 0.1) is 6.26 Å². The molecule has 1 aromatic carbocycles. The number of hydrogen-bond acceptors (Lipinski definition) is 3. The van der Waals surface area contributed by atoms with E-state index in [0.29, 0.717) is 19.0 Å². The van der Waals surface area contributed by atoms with Crippen molar-refractivity contribution in [2.45, 2.75) is 25.8 Å². The van der Waals surface area contributed by atoms with Crippen LogP contribution >= 0.6 is 11.6 Å². The SMILES string of the molecule is CN=C(NCCc1ccc(Cl)cc1)NCC(C)(C)NS(C)(=O)=O. The van der Waals surface area contributed by atoms with E-state index in [1.807, 2.05) is 38.1 Å². The summed E-state index contributed by atoms with van der Waals surface area (Å²) in [5, 5.41) is 7.04. The number of guanidine groups is 1. The van der Waals surface area contributed by atoms with Crippen LogP contribution < -0.4 is 15.4 Å². The maximum atomic E-state index is 11.3. The van der Waals surface area contributed by atoms with Crippen LogP contribution in [0.2, 0.25) is 5.02 Å². The zero-order chi connectivity index (χ0) is 17.5. The molecular formula is C15H25ClN4O2S. The summed E-state index contributed by atoms with van der Waals surface area (Å²) in [6.07, 6.45) is 1.98. The van der Waals surface area contributed by atoms with Crippen LogP contribution in [0, 0.1) is 0 Å². The van der Waals surface area contributed by atoms with Gasteiger partial charge in [0, 0.05) is 30.7 Å².